The lowest BCUT2D eigenvalue weighted by molar-refractivity contribution is -0.121. The average Bonchev–Trinajstić information content (AvgIpc) is 2.15. The zero-order valence-corrected chi connectivity index (χ0v) is 10.5. The standard InChI is InChI=1S/C13H16ClFO/c1-8(2)12(9(3)16)6-10-4-5-11(15)7-13(10)14/h4-5,7-8,12H,6H2,1-3H3. The van der Waals surface area contributed by atoms with Gasteiger partial charge in [-0.15, -0.1) is 0 Å². The smallest absolute Gasteiger partial charge is 0.133 e. The minimum atomic E-state index is -0.349. The van der Waals surface area contributed by atoms with Gasteiger partial charge >= 0.3 is 0 Å². The largest absolute Gasteiger partial charge is 0.300 e. The van der Waals surface area contributed by atoms with Crippen LogP contribution < -0.4 is 0 Å². The third-order valence-corrected chi connectivity index (χ3v) is 3.13. The highest BCUT2D eigenvalue weighted by atomic mass is 35.5. The molecule has 0 saturated heterocycles. The van der Waals surface area contributed by atoms with Crippen LogP contribution in [0.5, 0.6) is 0 Å². The van der Waals surface area contributed by atoms with Crippen LogP contribution in [0.25, 0.3) is 0 Å². The highest BCUT2D eigenvalue weighted by Crippen LogP contribution is 2.24. The van der Waals surface area contributed by atoms with Crippen molar-refractivity contribution in [3.8, 4) is 0 Å². The fourth-order valence-corrected chi connectivity index (χ4v) is 2.02. The maximum atomic E-state index is 12.9. The highest BCUT2D eigenvalue weighted by molar-refractivity contribution is 6.31. The first-order chi connectivity index (χ1) is 7.41. The van der Waals surface area contributed by atoms with Gasteiger partial charge in [-0.1, -0.05) is 31.5 Å². The van der Waals surface area contributed by atoms with Crippen molar-refractivity contribution in [2.24, 2.45) is 11.8 Å². The number of carbonyl (C=O) groups is 1. The lowest BCUT2D eigenvalue weighted by Gasteiger charge is -2.18. The zero-order valence-electron chi connectivity index (χ0n) is 9.76. The fourth-order valence-electron chi connectivity index (χ4n) is 1.77. The quantitative estimate of drug-likeness (QED) is 0.783. The molecule has 0 bridgehead atoms. The molecule has 0 aromatic heterocycles. The number of Topliss-reactive ketones (excluding diaryl/α,β-unsaturated/α-hetero) is 1. The number of hydrogen-bond acceptors (Lipinski definition) is 1. The summed E-state index contributed by atoms with van der Waals surface area (Å²) in [6, 6.07) is 4.31. The Bertz CT molecular complexity index is 388. The average molecular weight is 243 g/mol. The molecule has 0 spiro atoms. The molecule has 1 rings (SSSR count). The molecule has 0 aliphatic rings. The first-order valence-electron chi connectivity index (χ1n) is 5.36. The van der Waals surface area contributed by atoms with Crippen LogP contribution in [0.1, 0.15) is 26.3 Å². The van der Waals surface area contributed by atoms with Gasteiger partial charge in [-0.2, -0.15) is 0 Å². The van der Waals surface area contributed by atoms with E-state index >= 15 is 0 Å². The van der Waals surface area contributed by atoms with Gasteiger partial charge in [0.25, 0.3) is 0 Å². The van der Waals surface area contributed by atoms with Crippen molar-refractivity contribution in [1.29, 1.82) is 0 Å². The summed E-state index contributed by atoms with van der Waals surface area (Å²) in [7, 11) is 0. The molecule has 1 nitrogen and oxygen atoms in total. The number of ketones is 1. The predicted molar refractivity (Wildman–Crippen MR) is 64.1 cm³/mol. The Morgan fingerprint density at radius 3 is 2.50 bits per heavy atom. The molecule has 1 unspecified atom stereocenters. The topological polar surface area (TPSA) is 17.1 Å². The summed E-state index contributed by atoms with van der Waals surface area (Å²) in [5.74, 6) is 0.00893. The van der Waals surface area contributed by atoms with E-state index in [-0.39, 0.29) is 23.4 Å². The SMILES string of the molecule is CC(=O)C(Cc1ccc(F)cc1Cl)C(C)C. The van der Waals surface area contributed by atoms with E-state index in [4.69, 9.17) is 11.6 Å². The maximum Gasteiger partial charge on any atom is 0.133 e. The van der Waals surface area contributed by atoms with Crippen LogP contribution in [0, 0.1) is 17.7 Å². The van der Waals surface area contributed by atoms with Crippen LogP contribution in [0.4, 0.5) is 4.39 Å². The number of halogens is 2. The number of carbonyl (C=O) groups excluding carboxylic acids is 1. The molecule has 88 valence electrons. The molecule has 0 heterocycles. The van der Waals surface area contributed by atoms with Crippen molar-refractivity contribution in [1.82, 2.24) is 0 Å². The summed E-state index contributed by atoms with van der Waals surface area (Å²) in [4.78, 5) is 11.5. The van der Waals surface area contributed by atoms with Gasteiger partial charge in [-0.3, -0.25) is 4.79 Å². The van der Waals surface area contributed by atoms with Crippen LogP contribution in [-0.2, 0) is 11.2 Å². The van der Waals surface area contributed by atoms with E-state index < -0.39 is 0 Å². The van der Waals surface area contributed by atoms with Gasteiger partial charge in [0.1, 0.15) is 11.6 Å². The lowest BCUT2D eigenvalue weighted by Crippen LogP contribution is -2.20. The Morgan fingerprint density at radius 2 is 2.06 bits per heavy atom. The van der Waals surface area contributed by atoms with Crippen LogP contribution >= 0.6 is 11.6 Å². The Labute approximate surface area is 101 Å². The minimum Gasteiger partial charge on any atom is -0.300 e. The zero-order chi connectivity index (χ0) is 12.3. The van der Waals surface area contributed by atoms with Gasteiger partial charge in [0.15, 0.2) is 0 Å². The molecule has 0 aliphatic heterocycles. The molecule has 0 aliphatic carbocycles. The predicted octanol–water partition coefficient (Wildman–Crippen LogP) is 3.88. The number of hydrogen-bond donors (Lipinski definition) is 0. The van der Waals surface area contributed by atoms with E-state index in [1.165, 1.54) is 12.1 Å². The molecule has 3 heteroatoms. The van der Waals surface area contributed by atoms with Crippen molar-refractivity contribution in [2.45, 2.75) is 27.2 Å². The first-order valence-corrected chi connectivity index (χ1v) is 5.74. The van der Waals surface area contributed by atoms with Crippen LogP contribution in [-0.4, -0.2) is 5.78 Å². The summed E-state index contributed by atoms with van der Waals surface area (Å²) in [6.07, 6.45) is 0.576. The van der Waals surface area contributed by atoms with Gasteiger partial charge in [0, 0.05) is 10.9 Å². The summed E-state index contributed by atoms with van der Waals surface area (Å²) < 4.78 is 12.9. The third-order valence-electron chi connectivity index (χ3n) is 2.78. The van der Waals surface area contributed by atoms with E-state index in [2.05, 4.69) is 0 Å². The molecule has 0 fully saturated rings. The van der Waals surface area contributed by atoms with E-state index in [0.717, 1.165) is 5.56 Å². The first kappa shape index (κ1) is 13.2. The van der Waals surface area contributed by atoms with Crippen LogP contribution in [0.2, 0.25) is 5.02 Å². The third kappa shape index (κ3) is 3.31. The minimum absolute atomic E-state index is 0.0528. The van der Waals surface area contributed by atoms with Crippen molar-refractivity contribution in [3.05, 3.63) is 34.6 Å². The molecule has 16 heavy (non-hydrogen) atoms. The second kappa shape index (κ2) is 5.44. The Morgan fingerprint density at radius 1 is 1.44 bits per heavy atom. The molecular weight excluding hydrogens is 227 g/mol. The molecular formula is C13H16ClFO. The van der Waals surface area contributed by atoms with Gasteiger partial charge < -0.3 is 0 Å². The summed E-state index contributed by atoms with van der Waals surface area (Å²) in [6.45, 7) is 5.59. The van der Waals surface area contributed by atoms with E-state index in [0.29, 0.717) is 11.4 Å². The van der Waals surface area contributed by atoms with Crippen molar-refractivity contribution in [2.75, 3.05) is 0 Å². The fraction of sp³-hybridized carbons (Fsp3) is 0.462. The van der Waals surface area contributed by atoms with Crippen LogP contribution in [0.15, 0.2) is 18.2 Å². The Balaban J connectivity index is 2.90. The van der Waals surface area contributed by atoms with Crippen molar-refractivity contribution < 1.29 is 9.18 Å². The number of rotatable bonds is 4. The molecule has 1 atom stereocenters. The van der Waals surface area contributed by atoms with Gasteiger partial charge in [0.05, 0.1) is 0 Å². The molecule has 1 aromatic rings. The normalized spacial score (nSPS) is 12.9. The molecule has 0 radical (unpaired) electrons. The van der Waals surface area contributed by atoms with Crippen molar-refractivity contribution in [3.63, 3.8) is 0 Å². The molecule has 0 saturated carbocycles. The summed E-state index contributed by atoms with van der Waals surface area (Å²) in [5.41, 5.74) is 0.831. The lowest BCUT2D eigenvalue weighted by atomic mass is 9.86. The van der Waals surface area contributed by atoms with Crippen molar-refractivity contribution >= 4 is 17.4 Å². The van der Waals surface area contributed by atoms with Crippen LogP contribution in [0.3, 0.4) is 0 Å². The van der Waals surface area contributed by atoms with Gasteiger partial charge in [-0.05, 0) is 37.0 Å². The molecule has 0 N–H and O–H groups in total. The summed E-state index contributed by atoms with van der Waals surface area (Å²) in [5, 5.41) is 0.395. The second-order valence-electron chi connectivity index (χ2n) is 4.40. The maximum absolute atomic E-state index is 12.9. The summed E-state index contributed by atoms with van der Waals surface area (Å²) >= 11 is 5.93. The van der Waals surface area contributed by atoms with E-state index in [1.807, 2.05) is 13.8 Å². The van der Waals surface area contributed by atoms with E-state index in [9.17, 15) is 9.18 Å². The monoisotopic (exact) mass is 242 g/mol. The Kier molecular flexibility index (Phi) is 4.48. The molecule has 1 aromatic carbocycles. The second-order valence-corrected chi connectivity index (χ2v) is 4.81. The molecule has 0 amide bonds. The van der Waals surface area contributed by atoms with E-state index in [1.54, 1.807) is 13.0 Å². The van der Waals surface area contributed by atoms with Gasteiger partial charge in [-0.25, -0.2) is 4.39 Å². The number of benzene rings is 1. The van der Waals surface area contributed by atoms with Gasteiger partial charge in [0.2, 0.25) is 0 Å². The highest BCUT2D eigenvalue weighted by Gasteiger charge is 2.20. The Hall–Kier alpha value is -0.890.